The maximum absolute atomic E-state index is 3.30. The molecule has 1 radical (unpaired) electrons. The fourth-order valence-electron chi connectivity index (χ4n) is 3.27. The Labute approximate surface area is 218 Å². The summed E-state index contributed by atoms with van der Waals surface area (Å²) < 4.78 is 0. The van der Waals surface area contributed by atoms with Crippen molar-refractivity contribution in [3.05, 3.63) is 108 Å². The Morgan fingerprint density at radius 3 is 1.38 bits per heavy atom. The first-order chi connectivity index (χ1) is 15.3. The predicted molar refractivity (Wildman–Crippen MR) is 139 cm³/mol. The molecule has 0 spiro atoms. The molecule has 0 bridgehead atoms. The SMILES string of the molecule is CCCCC1=[C-]CC=C1.CCCCC1=[C-]CC=C1.[Hf].c1ccc([SiH]c2ccccc2)cc1. The van der Waals surface area contributed by atoms with Crippen LogP contribution in [0.5, 0.6) is 0 Å². The topological polar surface area (TPSA) is 0 Å². The summed E-state index contributed by atoms with van der Waals surface area (Å²) in [6.45, 7) is 4.44. The third kappa shape index (κ3) is 13.1. The molecule has 0 unspecified atom stereocenters. The van der Waals surface area contributed by atoms with Gasteiger partial charge in [0.05, 0.1) is 0 Å². The zero-order chi connectivity index (χ0) is 22.0. The molecule has 0 nitrogen and oxygen atoms in total. The van der Waals surface area contributed by atoms with Gasteiger partial charge < -0.3 is 0 Å². The van der Waals surface area contributed by atoms with E-state index < -0.39 is 0 Å². The second-order valence-electron chi connectivity index (χ2n) is 7.79. The first kappa shape index (κ1) is 28.5. The Kier molecular flexibility index (Phi) is 16.9. The van der Waals surface area contributed by atoms with Crippen LogP contribution in [0.1, 0.15) is 65.2 Å². The van der Waals surface area contributed by atoms with Crippen molar-refractivity contribution in [2.24, 2.45) is 0 Å². The Morgan fingerprint density at radius 2 is 1.06 bits per heavy atom. The van der Waals surface area contributed by atoms with Crippen molar-refractivity contribution in [2.45, 2.75) is 65.2 Å². The van der Waals surface area contributed by atoms with Crippen molar-refractivity contribution in [2.75, 3.05) is 0 Å². The van der Waals surface area contributed by atoms with Crippen LogP contribution < -0.4 is 10.4 Å². The molecule has 0 heterocycles. The van der Waals surface area contributed by atoms with E-state index in [0.29, 0.717) is 0 Å². The largest absolute Gasteiger partial charge is 0.269 e. The average molecular weight is 604 g/mol. The van der Waals surface area contributed by atoms with Gasteiger partial charge in [0.2, 0.25) is 0 Å². The van der Waals surface area contributed by atoms with Crippen molar-refractivity contribution in [1.29, 1.82) is 0 Å². The molecule has 2 aromatic rings. The van der Waals surface area contributed by atoms with Crippen LogP contribution in [0, 0.1) is 12.2 Å². The van der Waals surface area contributed by atoms with Crippen LogP contribution in [0.4, 0.5) is 0 Å². The molecule has 32 heavy (non-hydrogen) atoms. The van der Waals surface area contributed by atoms with Gasteiger partial charge in [0.1, 0.15) is 9.52 Å². The van der Waals surface area contributed by atoms with E-state index in [1.807, 2.05) is 0 Å². The standard InChI is InChI=1S/C12H11Si.2C9H13.Hf/c1-3-7-11(8-4-1)13-12-9-5-2-6-10-12;2*1-2-3-6-9-7-4-5-8-9;/h1-10,13H;2*4,7H,2-3,5-6H2,1H3;/q;2*-1;. The molecule has 0 saturated heterocycles. The molecule has 0 fully saturated rings. The molecule has 4 rings (SSSR count). The number of allylic oxidation sites excluding steroid dienone is 8. The molecule has 0 saturated carbocycles. The van der Waals surface area contributed by atoms with Crippen LogP contribution in [0.2, 0.25) is 0 Å². The number of hydrogen-bond donors (Lipinski definition) is 0. The molecule has 0 amide bonds. The van der Waals surface area contributed by atoms with E-state index in [-0.39, 0.29) is 35.4 Å². The van der Waals surface area contributed by atoms with Crippen LogP contribution in [0.15, 0.2) is 96.1 Å². The van der Waals surface area contributed by atoms with Crippen LogP contribution >= 0.6 is 0 Å². The Morgan fingerprint density at radius 1 is 0.656 bits per heavy atom. The monoisotopic (exact) mass is 605 g/mol. The number of rotatable bonds is 8. The van der Waals surface area contributed by atoms with E-state index in [1.165, 1.54) is 60.0 Å². The maximum atomic E-state index is 3.30. The Balaban J connectivity index is 0.000000243. The van der Waals surface area contributed by atoms with E-state index in [1.54, 1.807) is 0 Å². The molecule has 0 N–H and O–H groups in total. The summed E-state index contributed by atoms with van der Waals surface area (Å²) >= 11 is 0. The second-order valence-corrected chi connectivity index (χ2v) is 9.41. The van der Waals surface area contributed by atoms with Gasteiger partial charge in [0, 0.05) is 25.8 Å². The first-order valence-electron chi connectivity index (χ1n) is 11.8. The molecule has 0 aromatic heterocycles. The average Bonchev–Trinajstić information content (AvgIpc) is 3.53. The maximum Gasteiger partial charge on any atom is 0.103 e. The van der Waals surface area contributed by atoms with E-state index in [4.69, 9.17) is 0 Å². The summed E-state index contributed by atoms with van der Waals surface area (Å²) in [6, 6.07) is 21.3. The van der Waals surface area contributed by atoms with Gasteiger partial charge in [-0.1, -0.05) is 123 Å². The normalized spacial score (nSPS) is 13.2. The van der Waals surface area contributed by atoms with Crippen LogP contribution in [0.25, 0.3) is 0 Å². The van der Waals surface area contributed by atoms with Crippen molar-refractivity contribution >= 4 is 19.9 Å². The van der Waals surface area contributed by atoms with Crippen molar-refractivity contribution in [3.8, 4) is 0 Å². The summed E-state index contributed by atoms with van der Waals surface area (Å²) in [5.41, 5.74) is 2.83. The summed E-state index contributed by atoms with van der Waals surface area (Å²) in [7, 11) is 0.271. The van der Waals surface area contributed by atoms with E-state index in [0.717, 1.165) is 12.8 Å². The van der Waals surface area contributed by atoms with Gasteiger partial charge in [-0.25, -0.2) is 23.3 Å². The molecular weight excluding hydrogens is 567 g/mol. The predicted octanol–water partition coefficient (Wildman–Crippen LogP) is 6.80. The Hall–Kier alpha value is -1.51. The molecule has 2 aromatic carbocycles. The van der Waals surface area contributed by atoms with Crippen molar-refractivity contribution in [1.82, 2.24) is 0 Å². The molecule has 2 aliphatic rings. The molecule has 0 atom stereocenters. The number of unbranched alkanes of at least 4 members (excludes halogenated alkanes) is 2. The van der Waals surface area contributed by atoms with Crippen molar-refractivity contribution < 1.29 is 25.8 Å². The third-order valence-electron chi connectivity index (χ3n) is 5.06. The molecule has 0 aliphatic heterocycles. The molecule has 167 valence electrons. The quantitative estimate of drug-likeness (QED) is 0.230. The van der Waals surface area contributed by atoms with Gasteiger partial charge in [-0.15, -0.1) is 12.8 Å². The Bertz CT molecular complexity index is 760. The van der Waals surface area contributed by atoms with Gasteiger partial charge in [0.25, 0.3) is 0 Å². The fourth-order valence-corrected chi connectivity index (χ4v) is 4.48. The van der Waals surface area contributed by atoms with Crippen LogP contribution in [-0.4, -0.2) is 9.52 Å². The second kappa shape index (κ2) is 19.0. The van der Waals surface area contributed by atoms with Gasteiger partial charge in [0.15, 0.2) is 0 Å². The summed E-state index contributed by atoms with van der Waals surface area (Å²) in [5, 5.41) is 2.90. The first-order valence-corrected chi connectivity index (χ1v) is 12.9. The van der Waals surface area contributed by atoms with E-state index in [9.17, 15) is 0 Å². The smallest absolute Gasteiger partial charge is 0.103 e. The number of benzene rings is 2. The van der Waals surface area contributed by atoms with Crippen LogP contribution in [0.3, 0.4) is 0 Å². The molecule has 2 heteroatoms. The molecular formula is C30H37HfSi-2. The zero-order valence-electron chi connectivity index (χ0n) is 19.8. The summed E-state index contributed by atoms with van der Waals surface area (Å²) in [4.78, 5) is 0. The van der Waals surface area contributed by atoms with E-state index >= 15 is 0 Å². The minimum Gasteiger partial charge on any atom is -0.269 e. The summed E-state index contributed by atoms with van der Waals surface area (Å²) in [5.74, 6) is 0. The van der Waals surface area contributed by atoms with E-state index in [2.05, 4.69) is 111 Å². The van der Waals surface area contributed by atoms with Gasteiger partial charge >= 0.3 is 0 Å². The van der Waals surface area contributed by atoms with Crippen molar-refractivity contribution in [3.63, 3.8) is 0 Å². The van der Waals surface area contributed by atoms with Gasteiger partial charge in [-0.3, -0.25) is 12.2 Å². The fraction of sp³-hybridized carbons (Fsp3) is 0.333. The minimum atomic E-state index is 0. The van der Waals surface area contributed by atoms with Crippen LogP contribution in [-0.2, 0) is 25.8 Å². The zero-order valence-corrected chi connectivity index (χ0v) is 24.6. The summed E-state index contributed by atoms with van der Waals surface area (Å²) in [6.07, 6.45) is 25.1. The minimum absolute atomic E-state index is 0. The molecule has 2 aliphatic carbocycles. The van der Waals surface area contributed by atoms with Gasteiger partial charge in [-0.05, 0) is 0 Å². The third-order valence-corrected chi connectivity index (χ3v) is 6.50. The number of hydrogen-bond acceptors (Lipinski definition) is 0. The van der Waals surface area contributed by atoms with Gasteiger partial charge in [-0.2, -0.15) is 12.2 Å².